The van der Waals surface area contributed by atoms with Crippen LogP contribution in [-0.2, 0) is 9.53 Å². The lowest BCUT2D eigenvalue weighted by Gasteiger charge is -2.15. The first-order chi connectivity index (χ1) is 16.6. The monoisotopic (exact) mass is 447 g/mol. The van der Waals surface area contributed by atoms with Crippen molar-refractivity contribution in [1.29, 1.82) is 0 Å². The van der Waals surface area contributed by atoms with Gasteiger partial charge in [-0.2, -0.15) is 0 Å². The normalized spacial score (nSPS) is 11.8. The van der Waals surface area contributed by atoms with E-state index in [0.29, 0.717) is 27.8 Å². The van der Waals surface area contributed by atoms with E-state index in [0.717, 1.165) is 16.3 Å². The summed E-state index contributed by atoms with van der Waals surface area (Å²) >= 11 is 0. The van der Waals surface area contributed by atoms with Gasteiger partial charge < -0.3 is 10.1 Å². The van der Waals surface area contributed by atoms with Crippen LogP contribution in [0.25, 0.3) is 32.9 Å². The Morgan fingerprint density at radius 1 is 0.853 bits per heavy atom. The number of nitrogens with zero attached hydrogens (tertiary/aromatic N) is 2. The van der Waals surface area contributed by atoms with Gasteiger partial charge in [-0.25, -0.2) is 9.78 Å². The number of ether oxygens (including phenoxy) is 1. The topological polar surface area (TPSA) is 81.2 Å². The van der Waals surface area contributed by atoms with Crippen molar-refractivity contribution >= 4 is 39.2 Å². The van der Waals surface area contributed by atoms with Crippen LogP contribution in [0.4, 0.5) is 5.69 Å². The highest BCUT2D eigenvalue weighted by Gasteiger charge is 2.22. The number of fused-ring (bicyclic) bond motifs is 2. The number of esters is 1. The van der Waals surface area contributed by atoms with Crippen LogP contribution in [0.1, 0.15) is 17.3 Å². The molecule has 6 heteroatoms. The van der Waals surface area contributed by atoms with Crippen molar-refractivity contribution in [3.63, 3.8) is 0 Å². The summed E-state index contributed by atoms with van der Waals surface area (Å²) in [5.41, 5.74) is 3.11. The molecule has 1 atom stereocenters. The van der Waals surface area contributed by atoms with Gasteiger partial charge in [0, 0.05) is 29.0 Å². The molecular weight excluding hydrogens is 426 g/mol. The quantitative estimate of drug-likeness (QED) is 0.353. The maximum Gasteiger partial charge on any atom is 0.339 e. The zero-order valence-corrected chi connectivity index (χ0v) is 18.4. The summed E-state index contributed by atoms with van der Waals surface area (Å²) in [5.74, 6) is -0.994. The molecule has 3 aromatic carbocycles. The molecule has 34 heavy (non-hydrogen) atoms. The molecule has 1 unspecified atom stereocenters. The number of anilines is 1. The summed E-state index contributed by atoms with van der Waals surface area (Å²) in [6.07, 6.45) is 2.35. The van der Waals surface area contributed by atoms with E-state index in [9.17, 15) is 9.59 Å². The number of carbonyl (C=O) groups is 2. The third-order valence-electron chi connectivity index (χ3n) is 5.58. The highest BCUT2D eigenvalue weighted by molar-refractivity contribution is 6.06. The van der Waals surface area contributed by atoms with Crippen molar-refractivity contribution in [3.05, 3.63) is 103 Å². The van der Waals surface area contributed by atoms with E-state index in [1.807, 2.05) is 78.9 Å². The minimum absolute atomic E-state index is 0.350. The fourth-order valence-electron chi connectivity index (χ4n) is 3.80. The Kier molecular flexibility index (Phi) is 5.70. The minimum Gasteiger partial charge on any atom is -0.449 e. The van der Waals surface area contributed by atoms with Crippen molar-refractivity contribution < 1.29 is 14.3 Å². The Morgan fingerprint density at radius 2 is 1.59 bits per heavy atom. The van der Waals surface area contributed by atoms with E-state index in [1.165, 1.54) is 0 Å². The molecule has 0 saturated heterocycles. The molecule has 1 amide bonds. The number of pyridine rings is 2. The summed E-state index contributed by atoms with van der Waals surface area (Å²) in [6, 6.07) is 26.2. The molecule has 0 saturated carbocycles. The minimum atomic E-state index is -0.990. The molecule has 5 rings (SSSR count). The zero-order valence-electron chi connectivity index (χ0n) is 18.4. The number of benzene rings is 3. The van der Waals surface area contributed by atoms with Gasteiger partial charge in [0.05, 0.1) is 16.8 Å². The summed E-state index contributed by atoms with van der Waals surface area (Å²) in [6.45, 7) is 1.56. The van der Waals surface area contributed by atoms with Crippen LogP contribution in [0.3, 0.4) is 0 Å². The molecule has 166 valence electrons. The Hall–Kier alpha value is -4.58. The molecule has 5 aromatic rings. The van der Waals surface area contributed by atoms with Gasteiger partial charge in [0.15, 0.2) is 6.10 Å². The van der Waals surface area contributed by atoms with Crippen LogP contribution in [0, 0.1) is 0 Å². The van der Waals surface area contributed by atoms with Crippen molar-refractivity contribution in [2.45, 2.75) is 13.0 Å². The van der Waals surface area contributed by atoms with Gasteiger partial charge in [-0.1, -0.05) is 48.5 Å². The van der Waals surface area contributed by atoms with E-state index >= 15 is 0 Å². The molecule has 0 fully saturated rings. The summed E-state index contributed by atoms with van der Waals surface area (Å²) < 4.78 is 5.57. The predicted octanol–water partition coefficient (Wildman–Crippen LogP) is 5.63. The highest BCUT2D eigenvalue weighted by Crippen LogP contribution is 2.26. The van der Waals surface area contributed by atoms with Crippen molar-refractivity contribution in [2.24, 2.45) is 0 Å². The predicted molar refractivity (Wildman–Crippen MR) is 132 cm³/mol. The number of hydrogen-bond donors (Lipinski definition) is 1. The summed E-state index contributed by atoms with van der Waals surface area (Å²) in [4.78, 5) is 34.6. The van der Waals surface area contributed by atoms with Gasteiger partial charge in [-0.3, -0.25) is 9.78 Å². The number of amides is 1. The number of hydrogen-bond acceptors (Lipinski definition) is 5. The van der Waals surface area contributed by atoms with Crippen LogP contribution >= 0.6 is 0 Å². The number of aromatic nitrogens is 2. The first-order valence-electron chi connectivity index (χ1n) is 10.9. The van der Waals surface area contributed by atoms with Crippen LogP contribution in [0.5, 0.6) is 0 Å². The van der Waals surface area contributed by atoms with Gasteiger partial charge in [-0.05, 0) is 54.1 Å². The van der Waals surface area contributed by atoms with Crippen molar-refractivity contribution in [2.75, 3.05) is 5.32 Å². The van der Waals surface area contributed by atoms with Crippen LogP contribution in [0.2, 0.25) is 0 Å². The standard InChI is InChI=1S/C28H21N3O3/c1-18(27(32)30-22-11-10-19-6-2-3-7-21(19)16-22)34-28(33)24-17-26(20-12-14-29-15-13-20)31-25-9-5-4-8-23(24)25/h2-18H,1H3,(H,30,32). The van der Waals surface area contributed by atoms with E-state index in [2.05, 4.69) is 15.3 Å². The van der Waals surface area contributed by atoms with Gasteiger partial charge in [0.1, 0.15) is 0 Å². The zero-order chi connectivity index (χ0) is 23.5. The molecule has 0 aliphatic heterocycles. The SMILES string of the molecule is CC(OC(=O)c1cc(-c2ccncc2)nc2ccccc12)C(=O)Nc1ccc2ccccc2c1. The maximum absolute atomic E-state index is 13.1. The number of rotatable bonds is 5. The first kappa shape index (κ1) is 21.3. The lowest BCUT2D eigenvalue weighted by molar-refractivity contribution is -0.123. The molecule has 1 N–H and O–H groups in total. The van der Waals surface area contributed by atoms with E-state index in [1.54, 1.807) is 25.4 Å². The molecule has 6 nitrogen and oxygen atoms in total. The van der Waals surface area contributed by atoms with Crippen molar-refractivity contribution in [3.8, 4) is 11.3 Å². The third-order valence-corrected chi connectivity index (χ3v) is 5.58. The Bertz CT molecular complexity index is 1520. The van der Waals surface area contributed by atoms with Crippen LogP contribution < -0.4 is 5.32 Å². The molecular formula is C28H21N3O3. The van der Waals surface area contributed by atoms with E-state index in [4.69, 9.17) is 4.74 Å². The largest absolute Gasteiger partial charge is 0.449 e. The molecule has 2 heterocycles. The first-order valence-corrected chi connectivity index (χ1v) is 10.9. The summed E-state index contributed by atoms with van der Waals surface area (Å²) in [5, 5.41) is 5.58. The number of nitrogens with one attached hydrogen (secondary N) is 1. The second-order valence-corrected chi connectivity index (χ2v) is 7.91. The lowest BCUT2D eigenvalue weighted by atomic mass is 10.0. The van der Waals surface area contributed by atoms with Gasteiger partial charge >= 0.3 is 5.97 Å². The molecule has 0 radical (unpaired) electrons. The fraction of sp³-hybridized carbons (Fsp3) is 0.0714. The second kappa shape index (κ2) is 9.11. The van der Waals surface area contributed by atoms with Crippen LogP contribution in [0.15, 0.2) is 97.3 Å². The number of para-hydroxylation sites is 1. The lowest BCUT2D eigenvalue weighted by Crippen LogP contribution is -2.30. The fourth-order valence-corrected chi connectivity index (χ4v) is 3.80. The molecule has 0 aliphatic rings. The Labute approximate surface area is 196 Å². The molecule has 0 spiro atoms. The average Bonchev–Trinajstić information content (AvgIpc) is 2.88. The smallest absolute Gasteiger partial charge is 0.339 e. The van der Waals surface area contributed by atoms with Gasteiger partial charge in [-0.15, -0.1) is 0 Å². The molecule has 0 aliphatic carbocycles. The summed E-state index contributed by atoms with van der Waals surface area (Å²) in [7, 11) is 0. The van der Waals surface area contributed by atoms with E-state index in [-0.39, 0.29) is 0 Å². The van der Waals surface area contributed by atoms with Crippen LogP contribution in [-0.4, -0.2) is 27.9 Å². The van der Waals surface area contributed by atoms with Gasteiger partial charge in [0.25, 0.3) is 5.91 Å². The maximum atomic E-state index is 13.1. The second-order valence-electron chi connectivity index (χ2n) is 7.91. The average molecular weight is 447 g/mol. The van der Waals surface area contributed by atoms with E-state index < -0.39 is 18.0 Å². The Balaban J connectivity index is 1.38. The Morgan fingerprint density at radius 3 is 2.41 bits per heavy atom. The molecule has 2 aromatic heterocycles. The van der Waals surface area contributed by atoms with Gasteiger partial charge in [0.2, 0.25) is 0 Å². The molecule has 0 bridgehead atoms. The number of carbonyl (C=O) groups excluding carboxylic acids is 2. The third kappa shape index (κ3) is 4.34. The highest BCUT2D eigenvalue weighted by atomic mass is 16.5. The van der Waals surface area contributed by atoms with Crippen molar-refractivity contribution in [1.82, 2.24) is 9.97 Å².